The van der Waals surface area contributed by atoms with Gasteiger partial charge in [-0.25, -0.2) is 4.98 Å². The second-order valence-electron chi connectivity index (χ2n) is 5.00. The number of aryl methyl sites for hydroxylation is 1. The normalized spacial score (nSPS) is 10.7. The van der Waals surface area contributed by atoms with Crippen LogP contribution in [0.3, 0.4) is 0 Å². The SMILES string of the molecule is Cc1nc(-c2ccc(Cl)s2)sc1C(=O)NCCCCCC(=O)O. The molecule has 0 atom stereocenters. The predicted molar refractivity (Wildman–Crippen MR) is 93.6 cm³/mol. The molecule has 2 heterocycles. The maximum Gasteiger partial charge on any atom is 0.303 e. The number of carboxylic acids is 1. The van der Waals surface area contributed by atoms with Crippen molar-refractivity contribution in [2.75, 3.05) is 6.54 Å². The van der Waals surface area contributed by atoms with Crippen LogP contribution in [-0.4, -0.2) is 28.5 Å². The van der Waals surface area contributed by atoms with Crippen LogP contribution < -0.4 is 5.32 Å². The number of amides is 1. The van der Waals surface area contributed by atoms with Gasteiger partial charge in [-0.15, -0.1) is 22.7 Å². The summed E-state index contributed by atoms with van der Waals surface area (Å²) in [6.45, 7) is 2.35. The van der Waals surface area contributed by atoms with E-state index in [2.05, 4.69) is 10.3 Å². The van der Waals surface area contributed by atoms with E-state index in [4.69, 9.17) is 16.7 Å². The predicted octanol–water partition coefficient (Wildman–Crippen LogP) is 4.21. The number of aliphatic carboxylic acids is 1. The van der Waals surface area contributed by atoms with Crippen LogP contribution in [0.25, 0.3) is 9.88 Å². The number of thiophene rings is 1. The lowest BCUT2D eigenvalue weighted by molar-refractivity contribution is -0.137. The fourth-order valence-corrected chi connectivity index (χ4v) is 4.08. The van der Waals surface area contributed by atoms with Gasteiger partial charge in [-0.2, -0.15) is 0 Å². The van der Waals surface area contributed by atoms with Crippen LogP contribution in [0, 0.1) is 6.92 Å². The molecule has 2 N–H and O–H groups in total. The standard InChI is InChI=1S/C15H17ClN2O3S2/c1-9-13(14(21)17-8-4-2-3-5-12(19)20)23-15(18-9)10-6-7-11(16)22-10/h6-7H,2-5,8H2,1H3,(H,17,21)(H,19,20). The van der Waals surface area contributed by atoms with Crippen LogP contribution in [-0.2, 0) is 4.79 Å². The summed E-state index contributed by atoms with van der Waals surface area (Å²) in [4.78, 5) is 28.6. The van der Waals surface area contributed by atoms with E-state index in [1.165, 1.54) is 22.7 Å². The number of nitrogens with one attached hydrogen (secondary N) is 1. The van der Waals surface area contributed by atoms with E-state index < -0.39 is 5.97 Å². The molecule has 0 fully saturated rings. The van der Waals surface area contributed by atoms with Crippen molar-refractivity contribution in [1.82, 2.24) is 10.3 Å². The minimum atomic E-state index is -0.782. The molecule has 8 heteroatoms. The summed E-state index contributed by atoms with van der Waals surface area (Å²) in [5.74, 6) is -0.914. The third kappa shape index (κ3) is 5.30. The van der Waals surface area contributed by atoms with Crippen LogP contribution in [0.4, 0.5) is 0 Å². The van der Waals surface area contributed by atoms with Gasteiger partial charge in [-0.3, -0.25) is 9.59 Å². The minimum absolute atomic E-state index is 0.132. The van der Waals surface area contributed by atoms with Gasteiger partial charge >= 0.3 is 5.97 Å². The highest BCUT2D eigenvalue weighted by molar-refractivity contribution is 7.24. The van der Waals surface area contributed by atoms with Crippen molar-refractivity contribution in [2.45, 2.75) is 32.6 Å². The Labute approximate surface area is 147 Å². The highest BCUT2D eigenvalue weighted by Gasteiger charge is 2.16. The first kappa shape index (κ1) is 17.9. The summed E-state index contributed by atoms with van der Waals surface area (Å²) >= 11 is 8.72. The quantitative estimate of drug-likeness (QED) is 0.680. The molecule has 0 saturated carbocycles. The number of carboxylic acid groups (broad SMARTS) is 1. The van der Waals surface area contributed by atoms with Crippen molar-refractivity contribution in [1.29, 1.82) is 0 Å². The molecule has 124 valence electrons. The fourth-order valence-electron chi connectivity index (χ4n) is 2.00. The molecule has 0 saturated heterocycles. The number of nitrogens with zero attached hydrogens (tertiary/aromatic N) is 1. The fraction of sp³-hybridized carbons (Fsp3) is 0.400. The van der Waals surface area contributed by atoms with Crippen LogP contribution in [0.15, 0.2) is 12.1 Å². The summed E-state index contributed by atoms with van der Waals surface area (Å²) in [5, 5.41) is 12.2. The van der Waals surface area contributed by atoms with Gasteiger partial charge in [0.05, 0.1) is 14.9 Å². The molecule has 1 amide bonds. The highest BCUT2D eigenvalue weighted by Crippen LogP contribution is 2.34. The minimum Gasteiger partial charge on any atom is -0.481 e. The Morgan fingerprint density at radius 1 is 1.26 bits per heavy atom. The lowest BCUT2D eigenvalue weighted by atomic mass is 10.2. The molecule has 0 aliphatic rings. The summed E-state index contributed by atoms with van der Waals surface area (Å²) in [5.41, 5.74) is 0.706. The topological polar surface area (TPSA) is 79.3 Å². The first-order chi connectivity index (χ1) is 11.0. The molecular formula is C15H17ClN2O3S2. The molecule has 0 aromatic carbocycles. The third-order valence-electron chi connectivity index (χ3n) is 3.14. The van der Waals surface area contributed by atoms with Gasteiger partial charge < -0.3 is 10.4 Å². The van der Waals surface area contributed by atoms with Crippen LogP contribution in [0.1, 0.15) is 41.0 Å². The van der Waals surface area contributed by atoms with E-state index in [0.29, 0.717) is 27.9 Å². The van der Waals surface area contributed by atoms with Gasteiger partial charge in [0.25, 0.3) is 5.91 Å². The Kier molecular flexibility index (Phi) is 6.56. The molecule has 2 aromatic heterocycles. The number of halogens is 1. The molecule has 2 aromatic rings. The molecule has 2 rings (SSSR count). The van der Waals surface area contributed by atoms with Crippen LogP contribution in [0.2, 0.25) is 4.34 Å². The first-order valence-electron chi connectivity index (χ1n) is 7.20. The molecule has 0 unspecified atom stereocenters. The molecule has 0 radical (unpaired) electrons. The van der Waals surface area contributed by atoms with Gasteiger partial charge in [0, 0.05) is 13.0 Å². The number of hydrogen-bond acceptors (Lipinski definition) is 5. The van der Waals surface area contributed by atoms with Crippen LogP contribution in [0.5, 0.6) is 0 Å². The lowest BCUT2D eigenvalue weighted by Gasteiger charge is -2.03. The average Bonchev–Trinajstić information content (AvgIpc) is 3.08. The summed E-state index contributed by atoms with van der Waals surface area (Å²) in [7, 11) is 0. The van der Waals surface area contributed by atoms with Gasteiger partial charge in [0.2, 0.25) is 0 Å². The monoisotopic (exact) mass is 372 g/mol. The van der Waals surface area contributed by atoms with Gasteiger partial charge in [-0.05, 0) is 31.9 Å². The van der Waals surface area contributed by atoms with Gasteiger partial charge in [0.1, 0.15) is 9.88 Å². The second-order valence-corrected chi connectivity index (χ2v) is 7.71. The van der Waals surface area contributed by atoms with Crippen molar-refractivity contribution in [3.05, 3.63) is 27.0 Å². The smallest absolute Gasteiger partial charge is 0.303 e. The Hall–Kier alpha value is -1.44. The number of thiazole rings is 1. The van der Waals surface area contributed by atoms with Crippen molar-refractivity contribution < 1.29 is 14.7 Å². The van der Waals surface area contributed by atoms with Crippen molar-refractivity contribution in [3.8, 4) is 9.88 Å². The average molecular weight is 373 g/mol. The van der Waals surface area contributed by atoms with Gasteiger partial charge in [0.15, 0.2) is 0 Å². The Morgan fingerprint density at radius 3 is 2.70 bits per heavy atom. The zero-order valence-corrected chi connectivity index (χ0v) is 15.0. The van der Waals surface area contributed by atoms with E-state index in [1.807, 2.05) is 19.1 Å². The number of carbonyl (C=O) groups excluding carboxylic acids is 1. The molecule has 0 spiro atoms. The van der Waals surface area contributed by atoms with Gasteiger partial charge in [-0.1, -0.05) is 18.0 Å². The van der Waals surface area contributed by atoms with Crippen molar-refractivity contribution >= 4 is 46.2 Å². The number of hydrogen-bond donors (Lipinski definition) is 2. The number of aromatic nitrogens is 1. The number of unbranched alkanes of at least 4 members (excludes halogenated alkanes) is 2. The molecular weight excluding hydrogens is 356 g/mol. The molecule has 23 heavy (non-hydrogen) atoms. The maximum absolute atomic E-state index is 12.2. The largest absolute Gasteiger partial charge is 0.481 e. The van der Waals surface area contributed by atoms with E-state index in [-0.39, 0.29) is 12.3 Å². The van der Waals surface area contributed by atoms with Crippen molar-refractivity contribution in [3.63, 3.8) is 0 Å². The Morgan fingerprint density at radius 2 is 2.04 bits per heavy atom. The van der Waals surface area contributed by atoms with Crippen molar-refractivity contribution in [2.24, 2.45) is 0 Å². The van der Waals surface area contributed by atoms with E-state index in [1.54, 1.807) is 0 Å². The van der Waals surface area contributed by atoms with E-state index in [9.17, 15) is 9.59 Å². The summed E-state index contributed by atoms with van der Waals surface area (Å²) < 4.78 is 0.695. The zero-order valence-electron chi connectivity index (χ0n) is 12.6. The second kappa shape index (κ2) is 8.42. The molecule has 0 bridgehead atoms. The lowest BCUT2D eigenvalue weighted by Crippen LogP contribution is -2.24. The van der Waals surface area contributed by atoms with E-state index >= 15 is 0 Å². The Bertz CT molecular complexity index is 697. The van der Waals surface area contributed by atoms with Crippen LogP contribution >= 0.6 is 34.3 Å². The Balaban J connectivity index is 1.85. The molecule has 0 aliphatic heterocycles. The van der Waals surface area contributed by atoms with E-state index in [0.717, 1.165) is 22.7 Å². The summed E-state index contributed by atoms with van der Waals surface area (Å²) in [6.07, 6.45) is 2.36. The number of carbonyl (C=O) groups is 2. The first-order valence-corrected chi connectivity index (χ1v) is 9.21. The molecule has 0 aliphatic carbocycles. The maximum atomic E-state index is 12.2. The molecule has 5 nitrogen and oxygen atoms in total. The number of rotatable bonds is 8. The summed E-state index contributed by atoms with van der Waals surface area (Å²) in [6, 6.07) is 3.71. The highest BCUT2D eigenvalue weighted by atomic mass is 35.5. The third-order valence-corrected chi connectivity index (χ3v) is 5.70. The zero-order chi connectivity index (χ0) is 16.8.